The lowest BCUT2D eigenvalue weighted by molar-refractivity contribution is -0.115. The number of fused-ring (bicyclic) bond motifs is 1. The second-order valence-corrected chi connectivity index (χ2v) is 5.41. The van der Waals surface area contributed by atoms with Crippen LogP contribution >= 0.6 is 0 Å². The molecule has 3 aromatic rings. The quantitative estimate of drug-likeness (QED) is 0.741. The third kappa shape index (κ3) is 3.52. The molecule has 2 aromatic carbocycles. The number of benzene rings is 2. The zero-order valence-corrected chi connectivity index (χ0v) is 14.3. The predicted octanol–water partition coefficient (Wildman–Crippen LogP) is 3.64. The molecule has 130 valence electrons. The number of carbonyl (C=O) groups excluding carboxylic acids is 1. The van der Waals surface area contributed by atoms with Crippen LogP contribution in [0.15, 0.2) is 47.1 Å². The highest BCUT2D eigenvalue weighted by molar-refractivity contribution is 5.96. The molecule has 0 spiro atoms. The summed E-state index contributed by atoms with van der Waals surface area (Å²) in [6, 6.07) is 10.7. The maximum atomic E-state index is 12.4. The highest BCUT2D eigenvalue weighted by Gasteiger charge is 2.13. The lowest BCUT2D eigenvalue weighted by Crippen LogP contribution is -2.15. The molecule has 1 amide bonds. The van der Waals surface area contributed by atoms with Crippen LogP contribution in [0.3, 0.4) is 0 Å². The Morgan fingerprint density at radius 2 is 1.72 bits per heavy atom. The third-order valence-electron chi connectivity index (χ3n) is 3.89. The molecule has 25 heavy (non-hydrogen) atoms. The van der Waals surface area contributed by atoms with E-state index in [1.54, 1.807) is 51.9 Å². The second kappa shape index (κ2) is 7.17. The van der Waals surface area contributed by atoms with Gasteiger partial charge in [0.1, 0.15) is 22.8 Å². The molecule has 1 aromatic heterocycles. The molecule has 3 rings (SSSR count). The molecule has 1 N–H and O–H groups in total. The fraction of sp³-hybridized carbons (Fsp3) is 0.211. The van der Waals surface area contributed by atoms with Crippen LogP contribution < -0.4 is 19.5 Å². The minimum atomic E-state index is -0.176. The van der Waals surface area contributed by atoms with Crippen molar-refractivity contribution in [3.63, 3.8) is 0 Å². The molecule has 0 aliphatic heterocycles. The van der Waals surface area contributed by atoms with Gasteiger partial charge in [-0.3, -0.25) is 4.79 Å². The van der Waals surface area contributed by atoms with Gasteiger partial charge in [-0.05, 0) is 24.3 Å². The number of carbonyl (C=O) groups is 1. The summed E-state index contributed by atoms with van der Waals surface area (Å²) in [6.07, 6.45) is 1.77. The molecular weight excluding hydrogens is 322 g/mol. The predicted molar refractivity (Wildman–Crippen MR) is 94.6 cm³/mol. The van der Waals surface area contributed by atoms with Gasteiger partial charge >= 0.3 is 0 Å². The SMILES string of the molecule is COc1ccc(OC)c(NC(=O)Cc2coc3cc(OC)ccc23)c1. The van der Waals surface area contributed by atoms with E-state index in [1.165, 1.54) is 0 Å². The van der Waals surface area contributed by atoms with E-state index < -0.39 is 0 Å². The van der Waals surface area contributed by atoms with Crippen molar-refractivity contribution in [3.8, 4) is 17.2 Å². The summed E-state index contributed by atoms with van der Waals surface area (Å²) in [4.78, 5) is 12.4. The van der Waals surface area contributed by atoms with Crippen molar-refractivity contribution >= 4 is 22.6 Å². The molecule has 0 unspecified atom stereocenters. The van der Waals surface area contributed by atoms with Gasteiger partial charge in [-0.1, -0.05) is 0 Å². The van der Waals surface area contributed by atoms with Gasteiger partial charge in [-0.2, -0.15) is 0 Å². The summed E-state index contributed by atoms with van der Waals surface area (Å²) in [6.45, 7) is 0. The summed E-state index contributed by atoms with van der Waals surface area (Å²) in [5.74, 6) is 1.73. The van der Waals surface area contributed by atoms with Crippen molar-refractivity contribution in [2.75, 3.05) is 26.6 Å². The maximum Gasteiger partial charge on any atom is 0.229 e. The van der Waals surface area contributed by atoms with Crippen LogP contribution in [0.4, 0.5) is 5.69 Å². The second-order valence-electron chi connectivity index (χ2n) is 5.41. The Bertz CT molecular complexity index is 900. The zero-order valence-electron chi connectivity index (χ0n) is 14.3. The lowest BCUT2D eigenvalue weighted by atomic mass is 10.1. The molecule has 0 aliphatic carbocycles. The average Bonchev–Trinajstić information content (AvgIpc) is 3.03. The van der Waals surface area contributed by atoms with Crippen LogP contribution in [0.5, 0.6) is 17.2 Å². The maximum absolute atomic E-state index is 12.4. The number of nitrogens with one attached hydrogen (secondary N) is 1. The van der Waals surface area contributed by atoms with E-state index in [0.717, 1.165) is 10.9 Å². The number of furan rings is 1. The minimum Gasteiger partial charge on any atom is -0.497 e. The van der Waals surface area contributed by atoms with Crippen LogP contribution in [0.2, 0.25) is 0 Å². The third-order valence-corrected chi connectivity index (χ3v) is 3.89. The minimum absolute atomic E-state index is 0.176. The first-order valence-corrected chi connectivity index (χ1v) is 7.70. The Morgan fingerprint density at radius 3 is 2.44 bits per heavy atom. The topological polar surface area (TPSA) is 69.9 Å². The number of hydrogen-bond donors (Lipinski definition) is 1. The summed E-state index contributed by atoms with van der Waals surface area (Å²) < 4.78 is 21.2. The van der Waals surface area contributed by atoms with Crippen molar-refractivity contribution in [1.29, 1.82) is 0 Å². The molecule has 0 saturated heterocycles. The highest BCUT2D eigenvalue weighted by Crippen LogP contribution is 2.30. The summed E-state index contributed by atoms with van der Waals surface area (Å²) in [5, 5.41) is 3.73. The van der Waals surface area contributed by atoms with Crippen LogP contribution in [0, 0.1) is 0 Å². The van der Waals surface area contributed by atoms with Crippen LogP contribution in [-0.2, 0) is 11.2 Å². The summed E-state index contributed by atoms with van der Waals surface area (Å²) in [5.41, 5.74) is 2.04. The zero-order chi connectivity index (χ0) is 17.8. The molecule has 6 nitrogen and oxygen atoms in total. The Balaban J connectivity index is 1.79. The van der Waals surface area contributed by atoms with Gasteiger partial charge in [-0.25, -0.2) is 0 Å². The molecular formula is C19H19NO5. The Kier molecular flexibility index (Phi) is 4.79. The first kappa shape index (κ1) is 16.7. The van der Waals surface area contributed by atoms with Crippen molar-refractivity contribution < 1.29 is 23.4 Å². The van der Waals surface area contributed by atoms with Gasteiger partial charge in [0.2, 0.25) is 5.91 Å². The lowest BCUT2D eigenvalue weighted by Gasteiger charge is -2.11. The Hall–Kier alpha value is -3.15. The molecule has 6 heteroatoms. The first-order valence-electron chi connectivity index (χ1n) is 7.70. The van der Waals surface area contributed by atoms with Crippen molar-refractivity contribution in [1.82, 2.24) is 0 Å². The van der Waals surface area contributed by atoms with Gasteiger partial charge in [0.05, 0.1) is 39.7 Å². The Morgan fingerprint density at radius 1 is 1.00 bits per heavy atom. The van der Waals surface area contributed by atoms with Crippen molar-refractivity contribution in [3.05, 3.63) is 48.2 Å². The Labute approximate surface area is 145 Å². The molecule has 1 heterocycles. The van der Waals surface area contributed by atoms with Crippen LogP contribution in [0.1, 0.15) is 5.56 Å². The molecule has 0 radical (unpaired) electrons. The van der Waals surface area contributed by atoms with Gasteiger partial charge < -0.3 is 23.9 Å². The monoisotopic (exact) mass is 341 g/mol. The molecule has 0 bridgehead atoms. The van der Waals surface area contributed by atoms with E-state index in [0.29, 0.717) is 28.5 Å². The highest BCUT2D eigenvalue weighted by atomic mass is 16.5. The fourth-order valence-electron chi connectivity index (χ4n) is 2.61. The molecule has 0 fully saturated rings. The number of amides is 1. The van der Waals surface area contributed by atoms with E-state index in [9.17, 15) is 4.79 Å². The standard InChI is InChI=1S/C19H19NO5/c1-22-13-5-7-17(24-3)16(9-13)20-19(21)8-12-11-25-18-10-14(23-2)4-6-15(12)18/h4-7,9-11H,8H2,1-3H3,(H,20,21). The van der Waals surface area contributed by atoms with Crippen LogP contribution in [0.25, 0.3) is 11.0 Å². The van der Waals surface area contributed by atoms with Gasteiger partial charge in [0, 0.05) is 23.1 Å². The molecule has 0 atom stereocenters. The summed E-state index contributed by atoms with van der Waals surface area (Å²) >= 11 is 0. The summed E-state index contributed by atoms with van der Waals surface area (Å²) in [7, 11) is 4.72. The smallest absolute Gasteiger partial charge is 0.229 e. The van der Waals surface area contributed by atoms with E-state index in [2.05, 4.69) is 5.32 Å². The molecule has 0 aliphatic rings. The number of hydrogen-bond acceptors (Lipinski definition) is 5. The van der Waals surface area contributed by atoms with Crippen molar-refractivity contribution in [2.45, 2.75) is 6.42 Å². The number of rotatable bonds is 6. The number of ether oxygens (including phenoxy) is 3. The van der Waals surface area contributed by atoms with E-state index in [4.69, 9.17) is 18.6 Å². The van der Waals surface area contributed by atoms with Gasteiger partial charge in [0.15, 0.2) is 0 Å². The number of anilines is 1. The van der Waals surface area contributed by atoms with E-state index in [1.807, 2.05) is 12.1 Å². The normalized spacial score (nSPS) is 10.5. The van der Waals surface area contributed by atoms with Crippen molar-refractivity contribution in [2.24, 2.45) is 0 Å². The van der Waals surface area contributed by atoms with E-state index >= 15 is 0 Å². The van der Waals surface area contributed by atoms with Crippen LogP contribution in [-0.4, -0.2) is 27.2 Å². The fourth-order valence-corrected chi connectivity index (χ4v) is 2.61. The average molecular weight is 341 g/mol. The number of methoxy groups -OCH3 is 3. The van der Waals surface area contributed by atoms with E-state index in [-0.39, 0.29) is 12.3 Å². The first-order chi connectivity index (χ1) is 12.1. The van der Waals surface area contributed by atoms with Gasteiger partial charge in [-0.15, -0.1) is 0 Å². The van der Waals surface area contributed by atoms with Gasteiger partial charge in [0.25, 0.3) is 0 Å². The largest absolute Gasteiger partial charge is 0.497 e. The molecule has 0 saturated carbocycles.